The number of hydrogen-bond acceptors (Lipinski definition) is 3. The molecule has 5 heteroatoms. The lowest BCUT2D eigenvalue weighted by molar-refractivity contribution is -0.132. The number of rotatable bonds is 9. The molecule has 0 atom stereocenters. The van der Waals surface area contributed by atoms with Crippen molar-refractivity contribution in [1.29, 1.82) is 0 Å². The lowest BCUT2D eigenvalue weighted by Crippen LogP contribution is -2.35. The SMILES string of the molecule is O=C(CCCCCOc1ccc2nc(-c3ccccc3)n(-c3ccccc3)c2c1)N1CCCCC1. The molecule has 1 fully saturated rings. The third-order valence-corrected chi connectivity index (χ3v) is 6.68. The fourth-order valence-corrected chi connectivity index (χ4v) is 4.81. The second-order valence-electron chi connectivity index (χ2n) is 9.22. The van der Waals surface area contributed by atoms with E-state index in [9.17, 15) is 4.79 Å². The summed E-state index contributed by atoms with van der Waals surface area (Å²) in [5.74, 6) is 2.08. The quantitative estimate of drug-likeness (QED) is 0.259. The first-order valence-electron chi connectivity index (χ1n) is 12.8. The first kappa shape index (κ1) is 23.2. The van der Waals surface area contributed by atoms with Crippen LogP contribution in [0.2, 0.25) is 0 Å². The molecule has 1 amide bonds. The Morgan fingerprint density at radius 2 is 1.57 bits per heavy atom. The van der Waals surface area contributed by atoms with E-state index in [1.807, 2.05) is 53.4 Å². The van der Waals surface area contributed by atoms with Gasteiger partial charge in [0.05, 0.1) is 17.6 Å². The Morgan fingerprint density at radius 1 is 0.829 bits per heavy atom. The number of carbonyl (C=O) groups is 1. The molecule has 0 saturated carbocycles. The molecule has 0 spiro atoms. The number of piperidine rings is 1. The van der Waals surface area contributed by atoms with Gasteiger partial charge in [-0.05, 0) is 62.8 Å². The Morgan fingerprint density at radius 3 is 2.34 bits per heavy atom. The van der Waals surface area contributed by atoms with Crippen LogP contribution in [0.3, 0.4) is 0 Å². The topological polar surface area (TPSA) is 47.4 Å². The summed E-state index contributed by atoms with van der Waals surface area (Å²) in [5.41, 5.74) is 4.12. The highest BCUT2D eigenvalue weighted by atomic mass is 16.5. The van der Waals surface area contributed by atoms with Crippen molar-refractivity contribution in [3.05, 3.63) is 78.9 Å². The smallest absolute Gasteiger partial charge is 0.222 e. The van der Waals surface area contributed by atoms with Crippen LogP contribution in [0.15, 0.2) is 78.9 Å². The molecular formula is C30H33N3O2. The van der Waals surface area contributed by atoms with E-state index in [4.69, 9.17) is 9.72 Å². The number of benzene rings is 3. The van der Waals surface area contributed by atoms with Crippen LogP contribution in [0.4, 0.5) is 0 Å². The third kappa shape index (κ3) is 5.56. The number of unbranched alkanes of at least 4 members (excludes halogenated alkanes) is 2. The molecule has 0 aliphatic carbocycles. The summed E-state index contributed by atoms with van der Waals surface area (Å²) in [5, 5.41) is 0. The zero-order valence-corrected chi connectivity index (χ0v) is 20.2. The van der Waals surface area contributed by atoms with E-state index in [2.05, 4.69) is 34.9 Å². The number of aromatic nitrogens is 2. The number of ether oxygens (including phenoxy) is 1. The van der Waals surface area contributed by atoms with Crippen LogP contribution >= 0.6 is 0 Å². The van der Waals surface area contributed by atoms with Crippen LogP contribution < -0.4 is 4.74 Å². The van der Waals surface area contributed by atoms with Gasteiger partial charge in [-0.3, -0.25) is 9.36 Å². The summed E-state index contributed by atoms with van der Waals surface area (Å²) < 4.78 is 8.31. The van der Waals surface area contributed by atoms with Crippen molar-refractivity contribution in [1.82, 2.24) is 14.5 Å². The van der Waals surface area contributed by atoms with Gasteiger partial charge in [-0.25, -0.2) is 4.98 Å². The molecule has 0 bridgehead atoms. The van der Waals surface area contributed by atoms with E-state index in [0.29, 0.717) is 18.9 Å². The second kappa shape index (κ2) is 11.2. The first-order chi connectivity index (χ1) is 17.3. The summed E-state index contributed by atoms with van der Waals surface area (Å²) in [7, 11) is 0. The standard InChI is InChI=1S/C30H33N3O2/c34-29(32-20-10-4-11-21-32)17-9-3-12-22-35-26-18-19-27-28(23-26)33(25-15-7-2-8-16-25)30(31-27)24-13-5-1-6-14-24/h1-2,5-8,13-16,18-19,23H,3-4,9-12,17,20-22H2. The lowest BCUT2D eigenvalue weighted by Gasteiger charge is -2.26. The molecule has 1 aromatic heterocycles. The number of likely N-dealkylation sites (tertiary alicyclic amines) is 1. The van der Waals surface area contributed by atoms with Crippen LogP contribution in [0.5, 0.6) is 5.75 Å². The summed E-state index contributed by atoms with van der Waals surface area (Å²) in [6.07, 6.45) is 7.09. The fourth-order valence-electron chi connectivity index (χ4n) is 4.81. The van der Waals surface area contributed by atoms with Gasteiger partial charge in [-0.2, -0.15) is 0 Å². The number of para-hydroxylation sites is 1. The van der Waals surface area contributed by atoms with Crippen molar-refractivity contribution in [3.63, 3.8) is 0 Å². The molecule has 5 rings (SSSR count). The number of hydrogen-bond donors (Lipinski definition) is 0. The molecule has 5 nitrogen and oxygen atoms in total. The van der Waals surface area contributed by atoms with Gasteiger partial charge in [0.25, 0.3) is 0 Å². The van der Waals surface area contributed by atoms with Crippen LogP contribution in [0, 0.1) is 0 Å². The van der Waals surface area contributed by atoms with E-state index in [0.717, 1.165) is 79.1 Å². The van der Waals surface area contributed by atoms with Crippen molar-refractivity contribution in [3.8, 4) is 22.8 Å². The van der Waals surface area contributed by atoms with E-state index in [-0.39, 0.29) is 0 Å². The minimum absolute atomic E-state index is 0.319. The second-order valence-corrected chi connectivity index (χ2v) is 9.22. The molecule has 0 N–H and O–H groups in total. The van der Waals surface area contributed by atoms with E-state index < -0.39 is 0 Å². The van der Waals surface area contributed by atoms with Gasteiger partial charge in [0.15, 0.2) is 0 Å². The average molecular weight is 468 g/mol. The van der Waals surface area contributed by atoms with Crippen LogP contribution in [-0.2, 0) is 4.79 Å². The summed E-state index contributed by atoms with van der Waals surface area (Å²) in [6, 6.07) is 26.7. The van der Waals surface area contributed by atoms with Crippen molar-refractivity contribution >= 4 is 16.9 Å². The minimum atomic E-state index is 0.319. The van der Waals surface area contributed by atoms with Crippen LogP contribution in [0.1, 0.15) is 44.9 Å². The first-order valence-corrected chi connectivity index (χ1v) is 12.8. The summed E-state index contributed by atoms with van der Waals surface area (Å²) in [6.45, 7) is 2.53. The van der Waals surface area contributed by atoms with Gasteiger partial charge in [0, 0.05) is 36.8 Å². The Balaban J connectivity index is 1.24. The predicted octanol–water partition coefficient (Wildman–Crippen LogP) is 6.64. The zero-order chi connectivity index (χ0) is 23.9. The Hall–Kier alpha value is -3.60. The van der Waals surface area contributed by atoms with Crippen molar-refractivity contribution < 1.29 is 9.53 Å². The molecule has 2 heterocycles. The highest BCUT2D eigenvalue weighted by Crippen LogP contribution is 2.30. The van der Waals surface area contributed by atoms with Crippen molar-refractivity contribution in [2.45, 2.75) is 44.9 Å². The monoisotopic (exact) mass is 467 g/mol. The molecular weight excluding hydrogens is 434 g/mol. The molecule has 1 saturated heterocycles. The molecule has 0 unspecified atom stereocenters. The van der Waals surface area contributed by atoms with Crippen molar-refractivity contribution in [2.24, 2.45) is 0 Å². The van der Waals surface area contributed by atoms with Gasteiger partial charge in [-0.1, -0.05) is 48.5 Å². The highest BCUT2D eigenvalue weighted by Gasteiger charge is 2.16. The van der Waals surface area contributed by atoms with Gasteiger partial charge < -0.3 is 9.64 Å². The Labute approximate surface area is 207 Å². The molecule has 35 heavy (non-hydrogen) atoms. The predicted molar refractivity (Wildman–Crippen MR) is 141 cm³/mol. The number of fused-ring (bicyclic) bond motifs is 1. The summed E-state index contributed by atoms with van der Waals surface area (Å²) in [4.78, 5) is 19.3. The van der Waals surface area contributed by atoms with E-state index in [1.165, 1.54) is 6.42 Å². The van der Waals surface area contributed by atoms with Crippen LogP contribution in [-0.4, -0.2) is 40.1 Å². The van der Waals surface area contributed by atoms with Gasteiger partial charge in [0.1, 0.15) is 11.6 Å². The van der Waals surface area contributed by atoms with E-state index >= 15 is 0 Å². The molecule has 1 aliphatic rings. The van der Waals surface area contributed by atoms with Gasteiger partial charge in [-0.15, -0.1) is 0 Å². The Bertz CT molecular complexity index is 1240. The Kier molecular flexibility index (Phi) is 7.42. The lowest BCUT2D eigenvalue weighted by atomic mass is 10.1. The maximum atomic E-state index is 12.3. The van der Waals surface area contributed by atoms with E-state index in [1.54, 1.807) is 0 Å². The third-order valence-electron chi connectivity index (χ3n) is 6.68. The van der Waals surface area contributed by atoms with Gasteiger partial charge >= 0.3 is 0 Å². The van der Waals surface area contributed by atoms with Gasteiger partial charge in [0.2, 0.25) is 5.91 Å². The number of amides is 1. The zero-order valence-electron chi connectivity index (χ0n) is 20.2. The average Bonchev–Trinajstić information content (AvgIpc) is 3.31. The number of imidazole rings is 1. The number of nitrogens with zero attached hydrogens (tertiary/aromatic N) is 3. The van der Waals surface area contributed by atoms with Crippen LogP contribution in [0.25, 0.3) is 28.1 Å². The fraction of sp³-hybridized carbons (Fsp3) is 0.333. The summed E-state index contributed by atoms with van der Waals surface area (Å²) >= 11 is 0. The molecule has 1 aliphatic heterocycles. The number of carbonyl (C=O) groups excluding carboxylic acids is 1. The molecule has 3 aromatic carbocycles. The maximum absolute atomic E-state index is 12.3. The molecule has 180 valence electrons. The molecule has 0 radical (unpaired) electrons. The largest absolute Gasteiger partial charge is 0.494 e. The molecule has 4 aromatic rings. The highest BCUT2D eigenvalue weighted by molar-refractivity contribution is 5.84. The normalized spacial score (nSPS) is 13.8. The minimum Gasteiger partial charge on any atom is -0.494 e. The van der Waals surface area contributed by atoms with Crippen molar-refractivity contribution in [2.75, 3.05) is 19.7 Å². The maximum Gasteiger partial charge on any atom is 0.222 e.